The highest BCUT2D eigenvalue weighted by molar-refractivity contribution is 4.98. The molecule has 0 rings (SSSR count). The van der Waals surface area contributed by atoms with Crippen LogP contribution in [0.15, 0.2) is 23.8 Å². The minimum absolute atomic E-state index is 1.19. The van der Waals surface area contributed by atoms with Crippen molar-refractivity contribution in [3.63, 3.8) is 0 Å². The maximum Gasteiger partial charge on any atom is -0.00219 e. The van der Waals surface area contributed by atoms with Crippen LogP contribution >= 0.6 is 0 Å². The average molecular weight is 223 g/mol. The molecular weight excluding hydrogens is 194 g/mol. The molecule has 0 N–H and O–H groups in total. The van der Waals surface area contributed by atoms with Gasteiger partial charge in [-0.2, -0.15) is 0 Å². The Morgan fingerprint density at radius 2 is 1.75 bits per heavy atom. The van der Waals surface area contributed by atoms with Crippen LogP contribution in [0.4, 0.5) is 0 Å². The summed E-state index contributed by atoms with van der Waals surface area (Å²) in [5, 5.41) is 0. The smallest absolute Gasteiger partial charge is 0.00219 e. The summed E-state index contributed by atoms with van der Waals surface area (Å²) < 4.78 is 0. The minimum Gasteiger partial charge on any atom is -0.309 e. The number of unbranched alkanes of at least 4 members (excludes halogenated alkanes) is 2. The Balaban J connectivity index is 3.37. The monoisotopic (exact) mass is 223 g/mol. The number of hydrogen-bond acceptors (Lipinski definition) is 1. The molecule has 0 aromatic rings. The third-order valence-electron chi connectivity index (χ3n) is 2.61. The second kappa shape index (κ2) is 10.9. The number of nitrogens with zero attached hydrogens (tertiary/aromatic N) is 1. The molecule has 1 nitrogen and oxygen atoms in total. The van der Waals surface area contributed by atoms with Gasteiger partial charge in [-0.15, -0.1) is 0 Å². The molecule has 0 heterocycles. The molecule has 0 aliphatic carbocycles. The van der Waals surface area contributed by atoms with Crippen LogP contribution in [0.2, 0.25) is 0 Å². The van der Waals surface area contributed by atoms with Gasteiger partial charge in [-0.05, 0) is 59.7 Å². The zero-order valence-electron chi connectivity index (χ0n) is 11.6. The molecular formula is C15H29N. The Hall–Kier alpha value is -0.560. The summed E-state index contributed by atoms with van der Waals surface area (Å²) in [6.07, 6.45) is 14.4. The zero-order valence-corrected chi connectivity index (χ0v) is 11.6. The maximum absolute atomic E-state index is 2.38. The van der Waals surface area contributed by atoms with Gasteiger partial charge in [0.05, 0.1) is 0 Å². The molecule has 94 valence electrons. The van der Waals surface area contributed by atoms with Crippen molar-refractivity contribution in [1.29, 1.82) is 0 Å². The number of rotatable bonds is 9. The van der Waals surface area contributed by atoms with Crippen LogP contribution in [0.5, 0.6) is 0 Å². The molecule has 0 fully saturated rings. The lowest BCUT2D eigenvalue weighted by atomic mass is 10.1. The Labute approximate surface area is 102 Å². The average Bonchev–Trinajstić information content (AvgIpc) is 2.22. The molecule has 0 aliphatic rings. The Bertz CT molecular complexity index is 201. The largest absolute Gasteiger partial charge is 0.309 e. The second-order valence-corrected chi connectivity index (χ2v) is 4.79. The fraction of sp³-hybridized carbons (Fsp3) is 0.733. The van der Waals surface area contributed by atoms with Crippen molar-refractivity contribution in [2.45, 2.75) is 52.4 Å². The molecule has 0 bridgehead atoms. The molecule has 0 saturated heterocycles. The summed E-state index contributed by atoms with van der Waals surface area (Å²) in [7, 11) is 4.26. The van der Waals surface area contributed by atoms with Gasteiger partial charge >= 0.3 is 0 Å². The fourth-order valence-electron chi connectivity index (χ4n) is 1.68. The van der Waals surface area contributed by atoms with Gasteiger partial charge in [-0.25, -0.2) is 0 Å². The molecule has 0 amide bonds. The highest BCUT2D eigenvalue weighted by Gasteiger charge is 1.88. The van der Waals surface area contributed by atoms with E-state index in [1.54, 1.807) is 5.57 Å². The van der Waals surface area contributed by atoms with E-state index in [0.29, 0.717) is 0 Å². The Morgan fingerprint density at radius 3 is 2.38 bits per heavy atom. The van der Waals surface area contributed by atoms with Gasteiger partial charge in [-0.1, -0.05) is 37.1 Å². The SMILES string of the molecule is CCCC(C)=CCCC=CCCCN(C)C. The molecule has 16 heavy (non-hydrogen) atoms. The third kappa shape index (κ3) is 11.5. The van der Waals surface area contributed by atoms with Gasteiger partial charge in [0.15, 0.2) is 0 Å². The van der Waals surface area contributed by atoms with Crippen LogP contribution < -0.4 is 0 Å². The van der Waals surface area contributed by atoms with Gasteiger partial charge in [0.25, 0.3) is 0 Å². The van der Waals surface area contributed by atoms with Crippen LogP contribution in [0.1, 0.15) is 52.4 Å². The minimum atomic E-state index is 1.19. The molecule has 0 aromatic heterocycles. The molecule has 0 saturated carbocycles. The van der Waals surface area contributed by atoms with E-state index in [0.717, 1.165) is 0 Å². The predicted molar refractivity (Wildman–Crippen MR) is 74.8 cm³/mol. The summed E-state index contributed by atoms with van der Waals surface area (Å²) in [4.78, 5) is 2.24. The van der Waals surface area contributed by atoms with E-state index in [4.69, 9.17) is 0 Å². The van der Waals surface area contributed by atoms with Crippen molar-refractivity contribution in [2.75, 3.05) is 20.6 Å². The van der Waals surface area contributed by atoms with E-state index in [9.17, 15) is 0 Å². The number of allylic oxidation sites excluding steroid dienone is 4. The highest BCUT2D eigenvalue weighted by atomic mass is 15.0. The molecule has 0 unspecified atom stereocenters. The van der Waals surface area contributed by atoms with Gasteiger partial charge in [0.1, 0.15) is 0 Å². The van der Waals surface area contributed by atoms with Gasteiger partial charge in [0, 0.05) is 0 Å². The van der Waals surface area contributed by atoms with E-state index in [2.05, 4.69) is 51.1 Å². The van der Waals surface area contributed by atoms with Crippen molar-refractivity contribution in [3.8, 4) is 0 Å². The Morgan fingerprint density at radius 1 is 1.06 bits per heavy atom. The summed E-state index contributed by atoms with van der Waals surface area (Å²) >= 11 is 0. The summed E-state index contributed by atoms with van der Waals surface area (Å²) in [5.41, 5.74) is 1.54. The van der Waals surface area contributed by atoms with Crippen LogP contribution in [-0.4, -0.2) is 25.5 Å². The van der Waals surface area contributed by atoms with Gasteiger partial charge in [-0.3, -0.25) is 0 Å². The van der Waals surface area contributed by atoms with Crippen molar-refractivity contribution in [1.82, 2.24) is 4.90 Å². The van der Waals surface area contributed by atoms with Crippen LogP contribution in [-0.2, 0) is 0 Å². The molecule has 0 aliphatic heterocycles. The van der Waals surface area contributed by atoms with E-state index >= 15 is 0 Å². The van der Waals surface area contributed by atoms with E-state index in [1.807, 2.05) is 0 Å². The van der Waals surface area contributed by atoms with Crippen molar-refractivity contribution in [3.05, 3.63) is 23.8 Å². The van der Waals surface area contributed by atoms with Gasteiger partial charge in [0.2, 0.25) is 0 Å². The van der Waals surface area contributed by atoms with E-state index < -0.39 is 0 Å². The van der Waals surface area contributed by atoms with Gasteiger partial charge < -0.3 is 4.90 Å². The van der Waals surface area contributed by atoms with Crippen LogP contribution in [0, 0.1) is 0 Å². The van der Waals surface area contributed by atoms with Crippen molar-refractivity contribution >= 4 is 0 Å². The summed E-state index contributed by atoms with van der Waals surface area (Å²) in [6, 6.07) is 0. The van der Waals surface area contributed by atoms with Crippen LogP contribution in [0.3, 0.4) is 0 Å². The summed E-state index contributed by atoms with van der Waals surface area (Å²) in [6.45, 7) is 5.67. The first-order chi connectivity index (χ1) is 7.66. The lowest BCUT2D eigenvalue weighted by Gasteiger charge is -2.06. The lowest BCUT2D eigenvalue weighted by molar-refractivity contribution is 0.402. The van der Waals surface area contributed by atoms with E-state index in [1.165, 1.54) is 45.1 Å². The molecule has 0 spiro atoms. The van der Waals surface area contributed by atoms with Crippen LogP contribution in [0.25, 0.3) is 0 Å². The predicted octanol–water partition coefficient (Wildman–Crippen LogP) is 4.41. The third-order valence-corrected chi connectivity index (χ3v) is 2.61. The number of hydrogen-bond donors (Lipinski definition) is 0. The molecule has 1 heteroatoms. The molecule has 0 aromatic carbocycles. The first-order valence-electron chi connectivity index (χ1n) is 6.62. The first-order valence-corrected chi connectivity index (χ1v) is 6.62. The van der Waals surface area contributed by atoms with E-state index in [-0.39, 0.29) is 0 Å². The topological polar surface area (TPSA) is 3.24 Å². The van der Waals surface area contributed by atoms with Crippen molar-refractivity contribution < 1.29 is 0 Å². The highest BCUT2D eigenvalue weighted by Crippen LogP contribution is 2.06. The molecule has 0 atom stereocenters. The first kappa shape index (κ1) is 15.4. The fourth-order valence-corrected chi connectivity index (χ4v) is 1.68. The standard InChI is InChI=1S/C15H29N/c1-5-12-15(2)13-10-8-6-7-9-11-14-16(3)4/h6-7,13H,5,8-12,14H2,1-4H3. The summed E-state index contributed by atoms with van der Waals surface area (Å²) in [5.74, 6) is 0. The quantitative estimate of drug-likeness (QED) is 0.413. The van der Waals surface area contributed by atoms with Crippen molar-refractivity contribution in [2.24, 2.45) is 0 Å². The normalized spacial score (nSPS) is 12.9. The second-order valence-electron chi connectivity index (χ2n) is 4.79. The maximum atomic E-state index is 2.38. The lowest BCUT2D eigenvalue weighted by Crippen LogP contribution is -2.12. The Kier molecular flexibility index (Phi) is 10.6. The molecule has 0 radical (unpaired) electrons. The zero-order chi connectivity index (χ0) is 12.2.